The van der Waals surface area contributed by atoms with E-state index >= 15 is 0 Å². The van der Waals surface area contributed by atoms with Crippen molar-refractivity contribution in [2.45, 2.75) is 6.10 Å². The molecule has 0 spiro atoms. The number of hydrogen-bond donors (Lipinski definition) is 1. The number of rotatable bonds is 2. The Morgan fingerprint density at radius 1 is 1.21 bits per heavy atom. The number of ether oxygens (including phenoxy) is 2. The first kappa shape index (κ1) is 13.4. The SMILES string of the molecule is Brc1cc(C2CNCCO2)ccc1N1CCOCC1. The van der Waals surface area contributed by atoms with Gasteiger partial charge in [-0.1, -0.05) is 6.07 Å². The maximum absolute atomic E-state index is 5.79. The van der Waals surface area contributed by atoms with Crippen LogP contribution in [-0.2, 0) is 9.47 Å². The summed E-state index contributed by atoms with van der Waals surface area (Å²) in [6.07, 6.45) is 0.170. The molecule has 3 rings (SSSR count). The summed E-state index contributed by atoms with van der Waals surface area (Å²) < 4.78 is 12.3. The van der Waals surface area contributed by atoms with Gasteiger partial charge in [-0.2, -0.15) is 0 Å². The number of nitrogens with zero attached hydrogens (tertiary/aromatic N) is 1. The van der Waals surface area contributed by atoms with E-state index in [1.807, 2.05) is 0 Å². The molecule has 2 aliphatic rings. The molecular formula is C14H19BrN2O2. The molecule has 104 valence electrons. The second-order valence-electron chi connectivity index (χ2n) is 4.87. The second-order valence-corrected chi connectivity index (χ2v) is 5.73. The summed E-state index contributed by atoms with van der Waals surface area (Å²) in [5, 5.41) is 3.36. The van der Waals surface area contributed by atoms with Crippen LogP contribution >= 0.6 is 15.9 Å². The minimum Gasteiger partial charge on any atom is -0.378 e. The number of nitrogens with one attached hydrogen (secondary N) is 1. The lowest BCUT2D eigenvalue weighted by Gasteiger charge is -2.30. The smallest absolute Gasteiger partial charge is 0.0950 e. The normalized spacial score (nSPS) is 24.5. The van der Waals surface area contributed by atoms with Gasteiger partial charge in [0.15, 0.2) is 0 Å². The minimum atomic E-state index is 0.170. The molecule has 1 aromatic rings. The Balaban J connectivity index is 1.76. The van der Waals surface area contributed by atoms with E-state index in [4.69, 9.17) is 9.47 Å². The lowest BCUT2D eigenvalue weighted by atomic mass is 10.1. The van der Waals surface area contributed by atoms with Crippen LogP contribution in [0.2, 0.25) is 0 Å². The zero-order valence-electron chi connectivity index (χ0n) is 10.9. The van der Waals surface area contributed by atoms with Crippen molar-refractivity contribution in [3.8, 4) is 0 Å². The van der Waals surface area contributed by atoms with Crippen molar-refractivity contribution in [3.05, 3.63) is 28.2 Å². The number of benzene rings is 1. The standard InChI is InChI=1S/C14H19BrN2O2/c15-12-9-11(14-10-16-3-6-19-14)1-2-13(12)17-4-7-18-8-5-17/h1-2,9,14,16H,3-8,10H2. The quantitative estimate of drug-likeness (QED) is 0.900. The topological polar surface area (TPSA) is 33.7 Å². The van der Waals surface area contributed by atoms with Gasteiger partial charge < -0.3 is 19.7 Å². The van der Waals surface area contributed by atoms with Crippen LogP contribution < -0.4 is 10.2 Å². The van der Waals surface area contributed by atoms with Gasteiger partial charge in [-0.3, -0.25) is 0 Å². The molecule has 0 saturated carbocycles. The maximum Gasteiger partial charge on any atom is 0.0950 e. The van der Waals surface area contributed by atoms with Crippen molar-refractivity contribution in [1.29, 1.82) is 0 Å². The van der Waals surface area contributed by atoms with Gasteiger partial charge in [-0.25, -0.2) is 0 Å². The fourth-order valence-corrected chi connectivity index (χ4v) is 3.21. The molecular weight excluding hydrogens is 308 g/mol. The van der Waals surface area contributed by atoms with Crippen molar-refractivity contribution in [3.63, 3.8) is 0 Å². The van der Waals surface area contributed by atoms with E-state index in [0.717, 1.165) is 50.5 Å². The van der Waals surface area contributed by atoms with Gasteiger partial charge in [0.1, 0.15) is 0 Å². The molecule has 1 unspecified atom stereocenters. The van der Waals surface area contributed by atoms with Gasteiger partial charge in [-0.05, 0) is 33.6 Å². The first-order chi connectivity index (χ1) is 9.34. The van der Waals surface area contributed by atoms with Crippen molar-refractivity contribution in [2.75, 3.05) is 50.9 Å². The third-order valence-electron chi connectivity index (χ3n) is 3.62. The predicted octanol–water partition coefficient (Wildman–Crippen LogP) is 1.95. The number of hydrogen-bond acceptors (Lipinski definition) is 4. The highest BCUT2D eigenvalue weighted by Gasteiger charge is 2.19. The fraction of sp³-hybridized carbons (Fsp3) is 0.571. The zero-order chi connectivity index (χ0) is 13.1. The van der Waals surface area contributed by atoms with Crippen molar-refractivity contribution in [1.82, 2.24) is 5.32 Å². The van der Waals surface area contributed by atoms with Gasteiger partial charge in [0.25, 0.3) is 0 Å². The Bertz CT molecular complexity index is 429. The van der Waals surface area contributed by atoms with Crippen LogP contribution in [0.25, 0.3) is 0 Å². The Morgan fingerprint density at radius 2 is 2.05 bits per heavy atom. The minimum absolute atomic E-state index is 0.170. The molecule has 2 fully saturated rings. The molecule has 2 saturated heterocycles. The predicted molar refractivity (Wildman–Crippen MR) is 78.7 cm³/mol. The molecule has 1 atom stereocenters. The molecule has 0 bridgehead atoms. The molecule has 2 aliphatic heterocycles. The summed E-state index contributed by atoms with van der Waals surface area (Å²) in [5.41, 5.74) is 2.48. The average Bonchev–Trinajstić information content (AvgIpc) is 2.49. The van der Waals surface area contributed by atoms with E-state index in [1.54, 1.807) is 0 Å². The first-order valence-corrected chi connectivity index (χ1v) is 7.58. The summed E-state index contributed by atoms with van der Waals surface area (Å²) in [6, 6.07) is 6.54. The van der Waals surface area contributed by atoms with Crippen molar-refractivity contribution in [2.24, 2.45) is 0 Å². The Kier molecular flexibility index (Phi) is 4.38. The molecule has 4 nitrogen and oxygen atoms in total. The highest BCUT2D eigenvalue weighted by molar-refractivity contribution is 9.10. The monoisotopic (exact) mass is 326 g/mol. The highest BCUT2D eigenvalue weighted by atomic mass is 79.9. The lowest BCUT2D eigenvalue weighted by molar-refractivity contribution is 0.0277. The van der Waals surface area contributed by atoms with Gasteiger partial charge in [0, 0.05) is 30.7 Å². The molecule has 0 radical (unpaired) electrons. The highest BCUT2D eigenvalue weighted by Crippen LogP contribution is 2.31. The largest absolute Gasteiger partial charge is 0.378 e. The second kappa shape index (κ2) is 6.22. The number of morpholine rings is 2. The van der Waals surface area contributed by atoms with E-state index in [0.29, 0.717) is 0 Å². The van der Waals surface area contributed by atoms with E-state index in [-0.39, 0.29) is 6.10 Å². The molecule has 0 aromatic heterocycles. The van der Waals surface area contributed by atoms with E-state index in [1.165, 1.54) is 11.3 Å². The Morgan fingerprint density at radius 3 is 2.74 bits per heavy atom. The lowest BCUT2D eigenvalue weighted by Crippen LogP contribution is -2.36. The van der Waals surface area contributed by atoms with Gasteiger partial charge in [-0.15, -0.1) is 0 Å². The first-order valence-electron chi connectivity index (χ1n) is 6.79. The number of halogens is 1. The zero-order valence-corrected chi connectivity index (χ0v) is 12.5. The van der Waals surface area contributed by atoms with Crippen molar-refractivity contribution < 1.29 is 9.47 Å². The van der Waals surface area contributed by atoms with Crippen LogP contribution in [0.1, 0.15) is 11.7 Å². The van der Waals surface area contributed by atoms with Crippen molar-refractivity contribution >= 4 is 21.6 Å². The molecule has 5 heteroatoms. The number of anilines is 1. The molecule has 1 N–H and O–H groups in total. The summed E-state index contributed by atoms with van der Waals surface area (Å²) in [6.45, 7) is 6.16. The van der Waals surface area contributed by atoms with Crippen LogP contribution in [0.4, 0.5) is 5.69 Å². The Labute approximate surface area is 122 Å². The van der Waals surface area contributed by atoms with Gasteiger partial charge in [0.2, 0.25) is 0 Å². The maximum atomic E-state index is 5.79. The summed E-state index contributed by atoms with van der Waals surface area (Å²) >= 11 is 3.69. The molecule has 0 amide bonds. The summed E-state index contributed by atoms with van der Waals surface area (Å²) in [7, 11) is 0. The van der Waals surface area contributed by atoms with Crippen LogP contribution in [0.15, 0.2) is 22.7 Å². The molecule has 19 heavy (non-hydrogen) atoms. The van der Waals surface area contributed by atoms with Crippen LogP contribution in [0, 0.1) is 0 Å². The van der Waals surface area contributed by atoms with E-state index in [9.17, 15) is 0 Å². The van der Waals surface area contributed by atoms with Crippen LogP contribution in [-0.4, -0.2) is 46.0 Å². The van der Waals surface area contributed by atoms with Gasteiger partial charge in [0.05, 0.1) is 31.6 Å². The van der Waals surface area contributed by atoms with E-state index < -0.39 is 0 Å². The summed E-state index contributed by atoms with van der Waals surface area (Å²) in [4.78, 5) is 2.36. The van der Waals surface area contributed by atoms with Crippen LogP contribution in [0.3, 0.4) is 0 Å². The molecule has 2 heterocycles. The fourth-order valence-electron chi connectivity index (χ4n) is 2.56. The van der Waals surface area contributed by atoms with Gasteiger partial charge >= 0.3 is 0 Å². The van der Waals surface area contributed by atoms with E-state index in [2.05, 4.69) is 44.3 Å². The third-order valence-corrected chi connectivity index (χ3v) is 4.26. The molecule has 0 aliphatic carbocycles. The summed E-state index contributed by atoms with van der Waals surface area (Å²) in [5.74, 6) is 0. The molecule has 1 aromatic carbocycles. The Hall–Kier alpha value is -0.620. The average molecular weight is 327 g/mol. The van der Waals surface area contributed by atoms with Crippen LogP contribution in [0.5, 0.6) is 0 Å². The third kappa shape index (κ3) is 3.11.